The predicted molar refractivity (Wildman–Crippen MR) is 67.5 cm³/mol. The number of carbonyl (C=O) groups is 2. The van der Waals surface area contributed by atoms with E-state index in [9.17, 15) is 9.59 Å². The maximum atomic E-state index is 12.5. The minimum Gasteiger partial charge on any atom is -0.342 e. The van der Waals surface area contributed by atoms with Gasteiger partial charge in [0.05, 0.1) is 0 Å². The van der Waals surface area contributed by atoms with E-state index in [0.29, 0.717) is 6.42 Å². The molecule has 4 nitrogen and oxygen atoms in total. The van der Waals surface area contributed by atoms with Gasteiger partial charge in [-0.1, -0.05) is 13.3 Å². The Morgan fingerprint density at radius 1 is 1.47 bits per heavy atom. The summed E-state index contributed by atoms with van der Waals surface area (Å²) in [4.78, 5) is 26.0. The topological polar surface area (TPSA) is 49.4 Å². The van der Waals surface area contributed by atoms with Gasteiger partial charge < -0.3 is 10.2 Å². The van der Waals surface area contributed by atoms with Gasteiger partial charge in [0.1, 0.15) is 5.54 Å². The van der Waals surface area contributed by atoms with Crippen molar-refractivity contribution in [1.82, 2.24) is 10.2 Å². The second-order valence-corrected chi connectivity index (χ2v) is 5.58. The van der Waals surface area contributed by atoms with Crippen LogP contribution in [0.5, 0.6) is 0 Å². The third-order valence-electron chi connectivity index (χ3n) is 3.36. The van der Waals surface area contributed by atoms with Crippen LogP contribution in [0.2, 0.25) is 0 Å². The molecule has 0 aromatic carbocycles. The molecule has 4 heteroatoms. The van der Waals surface area contributed by atoms with Gasteiger partial charge in [0.2, 0.25) is 11.8 Å². The first-order valence-corrected chi connectivity index (χ1v) is 6.43. The van der Waals surface area contributed by atoms with Crippen molar-refractivity contribution in [2.45, 2.75) is 71.5 Å². The van der Waals surface area contributed by atoms with Crippen LogP contribution in [0.3, 0.4) is 0 Å². The maximum absolute atomic E-state index is 12.5. The van der Waals surface area contributed by atoms with Gasteiger partial charge >= 0.3 is 0 Å². The average Bonchev–Trinajstić information content (AvgIpc) is 2.22. The summed E-state index contributed by atoms with van der Waals surface area (Å²) in [5.74, 6) is -0.0150. The molecule has 0 aromatic rings. The lowest BCUT2D eigenvalue weighted by atomic mass is 10.0. The highest BCUT2D eigenvalue weighted by Crippen LogP contribution is 2.22. The van der Waals surface area contributed by atoms with Crippen molar-refractivity contribution in [1.29, 1.82) is 0 Å². The summed E-state index contributed by atoms with van der Waals surface area (Å²) in [7, 11) is 0. The largest absolute Gasteiger partial charge is 0.342 e. The molecule has 2 unspecified atom stereocenters. The summed E-state index contributed by atoms with van der Waals surface area (Å²) in [5.41, 5.74) is -0.788. The van der Waals surface area contributed by atoms with Gasteiger partial charge in [-0.3, -0.25) is 9.59 Å². The van der Waals surface area contributed by atoms with Gasteiger partial charge in [-0.15, -0.1) is 0 Å². The molecule has 0 saturated carbocycles. The fourth-order valence-corrected chi connectivity index (χ4v) is 2.53. The van der Waals surface area contributed by atoms with E-state index in [2.05, 4.69) is 19.2 Å². The van der Waals surface area contributed by atoms with Gasteiger partial charge in [-0.2, -0.15) is 0 Å². The third kappa shape index (κ3) is 2.99. The molecule has 98 valence electrons. The van der Waals surface area contributed by atoms with Gasteiger partial charge in [-0.25, -0.2) is 0 Å². The van der Waals surface area contributed by atoms with Crippen molar-refractivity contribution in [3.05, 3.63) is 0 Å². The minimum absolute atomic E-state index is 0.0224. The molecule has 2 amide bonds. The SMILES string of the molecule is CCCC(C)N1C(=O)C(C)(C)NC(=O)CC1C. The Labute approximate surface area is 104 Å². The Morgan fingerprint density at radius 2 is 2.06 bits per heavy atom. The van der Waals surface area contributed by atoms with E-state index in [-0.39, 0.29) is 23.9 Å². The first kappa shape index (κ1) is 14.0. The summed E-state index contributed by atoms with van der Waals surface area (Å²) < 4.78 is 0. The molecule has 0 spiro atoms. The van der Waals surface area contributed by atoms with E-state index in [0.717, 1.165) is 12.8 Å². The number of amides is 2. The fourth-order valence-electron chi connectivity index (χ4n) is 2.53. The highest BCUT2D eigenvalue weighted by molar-refractivity contribution is 5.93. The van der Waals surface area contributed by atoms with Crippen LogP contribution in [0.4, 0.5) is 0 Å². The average molecular weight is 240 g/mol. The highest BCUT2D eigenvalue weighted by atomic mass is 16.2. The summed E-state index contributed by atoms with van der Waals surface area (Å²) >= 11 is 0. The molecule has 0 bridgehead atoms. The van der Waals surface area contributed by atoms with Crippen LogP contribution >= 0.6 is 0 Å². The quantitative estimate of drug-likeness (QED) is 0.816. The van der Waals surface area contributed by atoms with E-state index in [1.165, 1.54) is 0 Å². The summed E-state index contributed by atoms with van der Waals surface area (Å²) in [6, 6.07) is 0.167. The lowest BCUT2D eigenvalue weighted by Gasteiger charge is -2.36. The number of nitrogens with one attached hydrogen (secondary N) is 1. The first-order valence-electron chi connectivity index (χ1n) is 6.43. The molecule has 0 aromatic heterocycles. The van der Waals surface area contributed by atoms with Crippen molar-refractivity contribution < 1.29 is 9.59 Å². The Bertz CT molecular complexity index is 313. The molecule has 1 saturated heterocycles. The lowest BCUT2D eigenvalue weighted by Crippen LogP contribution is -2.55. The van der Waals surface area contributed by atoms with Crippen LogP contribution in [0, 0.1) is 0 Å². The zero-order valence-electron chi connectivity index (χ0n) is 11.5. The second kappa shape index (κ2) is 5.07. The van der Waals surface area contributed by atoms with Crippen molar-refractivity contribution >= 4 is 11.8 Å². The van der Waals surface area contributed by atoms with Crippen LogP contribution < -0.4 is 5.32 Å². The molecule has 1 rings (SSSR count). The lowest BCUT2D eigenvalue weighted by molar-refractivity contribution is -0.140. The Balaban J connectivity index is 2.99. The Hall–Kier alpha value is -1.06. The van der Waals surface area contributed by atoms with E-state index in [1.54, 1.807) is 13.8 Å². The molecule has 17 heavy (non-hydrogen) atoms. The van der Waals surface area contributed by atoms with Gasteiger partial charge in [-0.05, 0) is 34.1 Å². The minimum atomic E-state index is -0.788. The Morgan fingerprint density at radius 3 is 2.59 bits per heavy atom. The highest BCUT2D eigenvalue weighted by Gasteiger charge is 2.40. The van der Waals surface area contributed by atoms with Gasteiger partial charge in [0.15, 0.2) is 0 Å². The molecule has 0 radical (unpaired) electrons. The van der Waals surface area contributed by atoms with Gasteiger partial charge in [0.25, 0.3) is 0 Å². The normalized spacial score (nSPS) is 26.4. The van der Waals surface area contributed by atoms with Gasteiger partial charge in [0, 0.05) is 18.5 Å². The zero-order chi connectivity index (χ0) is 13.2. The molecule has 1 fully saturated rings. The molecule has 1 N–H and O–H groups in total. The second-order valence-electron chi connectivity index (χ2n) is 5.58. The summed E-state index contributed by atoms with van der Waals surface area (Å²) in [6.07, 6.45) is 2.41. The van der Waals surface area contributed by atoms with E-state index in [1.807, 2.05) is 11.8 Å². The molecule has 2 atom stereocenters. The zero-order valence-corrected chi connectivity index (χ0v) is 11.5. The molecule has 1 aliphatic heterocycles. The number of rotatable bonds is 3. The van der Waals surface area contributed by atoms with Crippen molar-refractivity contribution in [2.24, 2.45) is 0 Å². The summed E-state index contributed by atoms with van der Waals surface area (Å²) in [5, 5.41) is 2.80. The molecule has 1 aliphatic rings. The van der Waals surface area contributed by atoms with Crippen LogP contribution in [0.25, 0.3) is 0 Å². The molecule has 0 aliphatic carbocycles. The van der Waals surface area contributed by atoms with Crippen molar-refractivity contribution in [3.63, 3.8) is 0 Å². The van der Waals surface area contributed by atoms with Crippen molar-refractivity contribution in [3.8, 4) is 0 Å². The molecular weight excluding hydrogens is 216 g/mol. The van der Waals surface area contributed by atoms with Crippen LogP contribution in [-0.4, -0.2) is 34.3 Å². The fraction of sp³-hybridized carbons (Fsp3) is 0.846. The molecule has 1 heterocycles. The number of carbonyl (C=O) groups excluding carboxylic acids is 2. The van der Waals surface area contributed by atoms with E-state index in [4.69, 9.17) is 0 Å². The van der Waals surface area contributed by atoms with Crippen LogP contribution in [0.15, 0.2) is 0 Å². The third-order valence-corrected chi connectivity index (χ3v) is 3.36. The molecular formula is C13H24N2O2. The van der Waals surface area contributed by atoms with Crippen molar-refractivity contribution in [2.75, 3.05) is 0 Å². The Kier molecular flexibility index (Phi) is 4.17. The van der Waals surface area contributed by atoms with Crippen LogP contribution in [-0.2, 0) is 9.59 Å². The number of hydrogen-bond donors (Lipinski definition) is 1. The number of nitrogens with zero attached hydrogens (tertiary/aromatic N) is 1. The predicted octanol–water partition coefficient (Wildman–Crippen LogP) is 1.69. The number of hydrogen-bond acceptors (Lipinski definition) is 2. The van der Waals surface area contributed by atoms with E-state index < -0.39 is 5.54 Å². The van der Waals surface area contributed by atoms with Crippen LogP contribution in [0.1, 0.15) is 53.9 Å². The smallest absolute Gasteiger partial charge is 0.248 e. The van der Waals surface area contributed by atoms with E-state index >= 15 is 0 Å². The standard InChI is InChI=1S/C13H24N2O2/c1-6-7-9(2)15-10(3)8-11(16)14-13(4,5)12(15)17/h9-10H,6-8H2,1-5H3,(H,14,16). The monoisotopic (exact) mass is 240 g/mol. The maximum Gasteiger partial charge on any atom is 0.248 e. The summed E-state index contributed by atoms with van der Waals surface area (Å²) in [6.45, 7) is 9.67. The first-order chi connectivity index (χ1) is 7.79.